The topological polar surface area (TPSA) is 12.0 Å². The second kappa shape index (κ2) is 17.4. The molecule has 2 aliphatic carbocycles. The maximum Gasteiger partial charge on any atom is -0.0184 e. The van der Waals surface area contributed by atoms with Crippen LogP contribution < -0.4 is 13.7 Å². The number of allylic oxidation sites excluding steroid dienone is 4. The second-order valence-corrected chi connectivity index (χ2v) is 32.1. The molecule has 0 heterocycles. The van der Waals surface area contributed by atoms with Gasteiger partial charge >= 0.3 is 212 Å². The fraction of sp³-hybridized carbons (Fsp3) is 0.333. The quantitative estimate of drug-likeness (QED) is 0.185. The molecule has 1 nitrogen and oxygen atoms in total. The van der Waals surface area contributed by atoms with E-state index in [0.717, 1.165) is 6.04 Å². The zero-order valence-corrected chi connectivity index (χ0v) is 32.7. The van der Waals surface area contributed by atoms with Crippen molar-refractivity contribution >= 4 is 16.4 Å². The van der Waals surface area contributed by atoms with Gasteiger partial charge in [0.15, 0.2) is 0 Å². The molecule has 1 N–H and O–H groups in total. The van der Waals surface area contributed by atoms with Crippen molar-refractivity contribution in [2.24, 2.45) is 5.92 Å². The van der Waals surface area contributed by atoms with Crippen LogP contribution >= 0.6 is 0 Å². The summed E-state index contributed by atoms with van der Waals surface area (Å²) >= 11 is -2.45. The maximum absolute atomic E-state index is 4.58. The van der Waals surface area contributed by atoms with E-state index < -0.39 is 26.9 Å². The molecule has 4 aromatic carbocycles. The number of hydrogen-bond donors (Lipinski definition) is 1. The Balaban J connectivity index is 0.000000277. The minimum atomic E-state index is -2.45. The van der Waals surface area contributed by atoms with Crippen molar-refractivity contribution in [2.75, 3.05) is 0 Å². The van der Waals surface area contributed by atoms with E-state index in [1.165, 1.54) is 62.5 Å². The molecule has 1 unspecified atom stereocenters. The van der Waals surface area contributed by atoms with Gasteiger partial charge in [-0.05, 0) is 11.1 Å². The van der Waals surface area contributed by atoms with E-state index in [0.29, 0.717) is 5.92 Å². The Kier molecular flexibility index (Phi) is 13.0. The van der Waals surface area contributed by atoms with Gasteiger partial charge in [0, 0.05) is 0 Å². The van der Waals surface area contributed by atoms with Crippen molar-refractivity contribution in [3.05, 3.63) is 141 Å². The fourth-order valence-electron chi connectivity index (χ4n) is 7.19. The number of hydrogen-bond acceptors (Lipinski definition) is 1. The Bertz CT molecular complexity index is 1430. The molecular formula is C42H52HfNSi. The molecule has 0 aliphatic heterocycles. The molecule has 0 spiro atoms. The van der Waals surface area contributed by atoms with Gasteiger partial charge in [-0.2, -0.15) is 0 Å². The van der Waals surface area contributed by atoms with Gasteiger partial charge in [-0.15, -0.1) is 0 Å². The molecule has 1 atom stereocenters. The molecule has 4 aromatic rings. The van der Waals surface area contributed by atoms with Crippen molar-refractivity contribution < 1.29 is 20.9 Å². The van der Waals surface area contributed by atoms with Crippen molar-refractivity contribution in [3.8, 4) is 11.1 Å². The molecule has 1 saturated carbocycles. The summed E-state index contributed by atoms with van der Waals surface area (Å²) in [6.45, 7) is 9.71. The molecule has 233 valence electrons. The SMILES string of the molecule is CC1=C(C)C(C)[C]([Hf]([NH]C2CCCCCCCC2)[SiH](c2ccccc2)c2ccccc2)=C1C.c1ccc(-c2ccccc2)cc1. The van der Waals surface area contributed by atoms with E-state index in [1.54, 1.807) is 27.1 Å². The summed E-state index contributed by atoms with van der Waals surface area (Å²) in [7, 11) is 0. The maximum atomic E-state index is 4.58. The molecule has 45 heavy (non-hydrogen) atoms. The molecular weight excluding hydrogens is 725 g/mol. The third-order valence-electron chi connectivity index (χ3n) is 10.1. The predicted octanol–water partition coefficient (Wildman–Crippen LogP) is 9.76. The third-order valence-corrected chi connectivity index (χ3v) is 37.7. The van der Waals surface area contributed by atoms with Crippen molar-refractivity contribution in [3.63, 3.8) is 0 Å². The standard InChI is InChI=1S/C12H11Si.C12H10.C9H18N.C9H13.Hf/c1-3-7-11(8-4-1)13-12-9-5-2-6-10-12;1-3-7-11(8-4-1)12-9-5-2-6-10-12;10-9-7-5-3-1-2-4-6-8-9;1-6-5-7(2)9(4)8(6)3;/h1-10,13H;1-10H;9-10H,1-8H2;6H,1-4H3;/q;;-1;;+1. The van der Waals surface area contributed by atoms with Gasteiger partial charge in [0.2, 0.25) is 0 Å². The molecule has 0 aromatic heterocycles. The molecule has 2 aliphatic rings. The first kappa shape index (κ1) is 33.8. The van der Waals surface area contributed by atoms with Gasteiger partial charge in [-0.25, -0.2) is 0 Å². The van der Waals surface area contributed by atoms with Gasteiger partial charge in [0.25, 0.3) is 0 Å². The van der Waals surface area contributed by atoms with Crippen molar-refractivity contribution in [1.82, 2.24) is 3.30 Å². The molecule has 0 bridgehead atoms. The van der Waals surface area contributed by atoms with Crippen LogP contribution in [0.1, 0.15) is 79.1 Å². The monoisotopic (exact) mass is 778 g/mol. The van der Waals surface area contributed by atoms with E-state index in [4.69, 9.17) is 0 Å². The largest absolute Gasteiger partial charge is 0.0622 e. The Morgan fingerprint density at radius 1 is 0.533 bits per heavy atom. The van der Waals surface area contributed by atoms with Crippen LogP contribution in [0.5, 0.6) is 0 Å². The van der Waals surface area contributed by atoms with Crippen LogP contribution in [-0.4, -0.2) is 12.0 Å². The van der Waals surface area contributed by atoms with E-state index in [9.17, 15) is 0 Å². The first-order chi connectivity index (χ1) is 22.0. The first-order valence-electron chi connectivity index (χ1n) is 17.3. The van der Waals surface area contributed by atoms with Crippen LogP contribution in [0.4, 0.5) is 0 Å². The minimum Gasteiger partial charge on any atom is -0.0622 e. The van der Waals surface area contributed by atoms with Gasteiger partial charge < -0.3 is 0 Å². The van der Waals surface area contributed by atoms with E-state index in [1.807, 2.05) is 15.5 Å². The Morgan fingerprint density at radius 3 is 1.33 bits per heavy atom. The number of benzene rings is 4. The minimum absolute atomic E-state index is 0.624. The summed E-state index contributed by atoms with van der Waals surface area (Å²) in [5, 5.41) is 3.30. The molecule has 6 rings (SSSR count). The molecule has 1 fully saturated rings. The Labute approximate surface area is 282 Å². The van der Waals surface area contributed by atoms with Gasteiger partial charge in [-0.1, -0.05) is 60.7 Å². The summed E-state index contributed by atoms with van der Waals surface area (Å²) in [5.41, 5.74) is 7.39. The summed E-state index contributed by atoms with van der Waals surface area (Å²) in [5.74, 6) is -0.717. The van der Waals surface area contributed by atoms with E-state index >= 15 is 0 Å². The third kappa shape index (κ3) is 9.03. The summed E-state index contributed by atoms with van der Waals surface area (Å²) in [6, 6.07) is 44.8. The van der Waals surface area contributed by atoms with Gasteiger partial charge in [0.05, 0.1) is 0 Å². The zero-order chi connectivity index (χ0) is 31.4. The van der Waals surface area contributed by atoms with Crippen LogP contribution in [0, 0.1) is 5.92 Å². The van der Waals surface area contributed by atoms with Crippen LogP contribution in [0.2, 0.25) is 0 Å². The molecule has 0 saturated heterocycles. The average Bonchev–Trinajstić information content (AvgIpc) is 3.37. The predicted molar refractivity (Wildman–Crippen MR) is 195 cm³/mol. The van der Waals surface area contributed by atoms with E-state index in [2.05, 4.69) is 140 Å². The number of rotatable bonds is 7. The van der Waals surface area contributed by atoms with Crippen molar-refractivity contribution in [1.29, 1.82) is 0 Å². The number of nitrogens with one attached hydrogen (secondary N) is 1. The summed E-state index contributed by atoms with van der Waals surface area (Å²) < 4.78 is 6.47. The van der Waals surface area contributed by atoms with Crippen molar-refractivity contribution in [2.45, 2.75) is 85.1 Å². The fourth-order valence-corrected chi connectivity index (χ4v) is 39.9. The van der Waals surface area contributed by atoms with Gasteiger partial charge in [-0.3, -0.25) is 0 Å². The first-order valence-corrected chi connectivity index (χ1v) is 28.8. The smallest absolute Gasteiger partial charge is 0.0184 e. The van der Waals surface area contributed by atoms with Gasteiger partial charge in [0.1, 0.15) is 0 Å². The van der Waals surface area contributed by atoms with Crippen LogP contribution in [-0.2, 0) is 20.9 Å². The Morgan fingerprint density at radius 2 is 0.933 bits per heavy atom. The second-order valence-electron chi connectivity index (χ2n) is 13.0. The molecule has 0 radical (unpaired) electrons. The molecule has 0 amide bonds. The van der Waals surface area contributed by atoms with E-state index in [-0.39, 0.29) is 0 Å². The van der Waals surface area contributed by atoms with Crippen LogP contribution in [0.15, 0.2) is 141 Å². The normalized spacial score (nSPS) is 17.8. The Hall–Kier alpha value is -2.59. The van der Waals surface area contributed by atoms with Crippen LogP contribution in [0.25, 0.3) is 11.1 Å². The van der Waals surface area contributed by atoms with Crippen LogP contribution in [0.3, 0.4) is 0 Å². The average molecular weight is 777 g/mol. The summed E-state index contributed by atoms with van der Waals surface area (Å²) in [6.07, 6.45) is 11.3. The molecule has 3 heteroatoms. The summed E-state index contributed by atoms with van der Waals surface area (Å²) in [4.78, 5) is 0. The zero-order valence-electron chi connectivity index (χ0n) is 27.9.